The Bertz CT molecular complexity index is 831. The third-order valence-electron chi connectivity index (χ3n) is 3.25. The highest BCUT2D eigenvalue weighted by atomic mass is 35.5. The molecule has 0 N–H and O–H groups in total. The molecule has 0 amide bonds. The molecular formula is C14H10Cl2N2O. The second-order valence-electron chi connectivity index (χ2n) is 4.61. The molecule has 1 aromatic heterocycles. The lowest BCUT2D eigenvalue weighted by molar-refractivity contribution is -0.639. The predicted octanol–water partition coefficient (Wildman–Crippen LogP) is 3.95. The number of hydrogen-bond donors (Lipinski definition) is 0. The van der Waals surface area contributed by atoms with Crippen molar-refractivity contribution in [2.24, 2.45) is 0 Å². The second-order valence-corrected chi connectivity index (χ2v) is 5.42. The first-order valence-corrected chi connectivity index (χ1v) is 6.52. The molecule has 3 aromatic rings. The molecule has 96 valence electrons. The highest BCUT2D eigenvalue weighted by molar-refractivity contribution is 6.33. The van der Waals surface area contributed by atoms with Gasteiger partial charge in [0.05, 0.1) is 5.39 Å². The largest absolute Gasteiger partial charge is 0.594 e. The van der Waals surface area contributed by atoms with E-state index in [-0.39, 0.29) is 0 Å². The van der Waals surface area contributed by atoms with Gasteiger partial charge in [-0.15, -0.1) is 0 Å². The minimum atomic E-state index is 0.495. The van der Waals surface area contributed by atoms with Crippen molar-refractivity contribution in [1.29, 1.82) is 0 Å². The van der Waals surface area contributed by atoms with Crippen molar-refractivity contribution in [2.45, 2.75) is 13.8 Å². The predicted molar refractivity (Wildman–Crippen MR) is 77.7 cm³/mol. The Morgan fingerprint density at radius 3 is 2.21 bits per heavy atom. The van der Waals surface area contributed by atoms with Gasteiger partial charge < -0.3 is 5.21 Å². The van der Waals surface area contributed by atoms with Gasteiger partial charge in [0, 0.05) is 26.6 Å². The number of aryl methyl sites for hydroxylation is 2. The lowest BCUT2D eigenvalue weighted by Gasteiger charge is -2.07. The zero-order valence-corrected chi connectivity index (χ0v) is 11.9. The molecule has 0 aliphatic rings. The van der Waals surface area contributed by atoms with Gasteiger partial charge in [0.15, 0.2) is 0 Å². The summed E-state index contributed by atoms with van der Waals surface area (Å²) in [6.07, 6.45) is 0. The summed E-state index contributed by atoms with van der Waals surface area (Å²) in [6.45, 7) is 3.74. The Kier molecular flexibility index (Phi) is 2.77. The summed E-state index contributed by atoms with van der Waals surface area (Å²) in [6, 6.07) is 7.16. The molecule has 5 heteroatoms. The highest BCUT2D eigenvalue weighted by Crippen LogP contribution is 2.29. The number of aromatic nitrogens is 2. The smallest absolute Gasteiger partial charge is 0.253 e. The molecule has 0 unspecified atom stereocenters. The number of hydrogen-bond acceptors (Lipinski definition) is 2. The molecule has 0 saturated carbocycles. The van der Waals surface area contributed by atoms with Crippen molar-refractivity contribution in [2.75, 3.05) is 0 Å². The maximum atomic E-state index is 12.0. The van der Waals surface area contributed by atoms with E-state index in [1.54, 1.807) is 18.2 Å². The maximum Gasteiger partial charge on any atom is 0.253 e. The summed E-state index contributed by atoms with van der Waals surface area (Å²) in [4.78, 5) is 0.633. The van der Waals surface area contributed by atoms with Crippen LogP contribution in [-0.2, 0) is 0 Å². The van der Waals surface area contributed by atoms with E-state index in [4.69, 9.17) is 23.2 Å². The zero-order chi connectivity index (χ0) is 13.7. The second kappa shape index (κ2) is 4.22. The Balaban J connectivity index is 2.57. The molecule has 3 rings (SSSR count). The summed E-state index contributed by atoms with van der Waals surface area (Å²) in [5.74, 6) is 0. The molecule has 0 atom stereocenters. The average Bonchev–Trinajstić information content (AvgIpc) is 2.35. The van der Waals surface area contributed by atoms with Crippen molar-refractivity contribution in [3.8, 4) is 0 Å². The standard InChI is InChI=1S/C14H10Cl2N2O/c1-7-3-13-9(5-11(7)15)10-6-12(16)8(2)4-14(10)18(19)17-13/h3-6H,1-2H3. The number of fused-ring (bicyclic) bond motifs is 3. The molecule has 0 bridgehead atoms. The summed E-state index contributed by atoms with van der Waals surface area (Å²) in [5.41, 5.74) is 2.84. The van der Waals surface area contributed by atoms with E-state index in [0.29, 0.717) is 25.9 Å². The molecule has 0 saturated heterocycles. The molecule has 3 nitrogen and oxygen atoms in total. The van der Waals surface area contributed by atoms with E-state index in [2.05, 4.69) is 5.10 Å². The van der Waals surface area contributed by atoms with Crippen LogP contribution < -0.4 is 4.85 Å². The van der Waals surface area contributed by atoms with E-state index in [1.165, 1.54) is 0 Å². The van der Waals surface area contributed by atoms with Crippen LogP contribution in [0.3, 0.4) is 0 Å². The normalized spacial score (nSPS) is 11.4. The summed E-state index contributed by atoms with van der Waals surface area (Å²) in [5, 5.41) is 18.9. The van der Waals surface area contributed by atoms with E-state index < -0.39 is 0 Å². The fourth-order valence-corrected chi connectivity index (χ4v) is 2.48. The van der Waals surface area contributed by atoms with Gasteiger partial charge in [-0.3, -0.25) is 0 Å². The maximum absolute atomic E-state index is 12.0. The Morgan fingerprint density at radius 2 is 1.53 bits per heavy atom. The average molecular weight is 293 g/mol. The van der Waals surface area contributed by atoms with Crippen molar-refractivity contribution in [1.82, 2.24) is 5.10 Å². The lowest BCUT2D eigenvalue weighted by Crippen LogP contribution is -2.32. The van der Waals surface area contributed by atoms with Gasteiger partial charge in [0.25, 0.3) is 5.52 Å². The first kappa shape index (κ1) is 12.5. The van der Waals surface area contributed by atoms with Crippen LogP contribution in [0, 0.1) is 19.1 Å². The molecular weight excluding hydrogens is 283 g/mol. The van der Waals surface area contributed by atoms with Crippen LogP contribution in [0.15, 0.2) is 24.3 Å². The zero-order valence-electron chi connectivity index (χ0n) is 10.4. The van der Waals surface area contributed by atoms with Crippen LogP contribution in [0.4, 0.5) is 0 Å². The third kappa shape index (κ3) is 1.90. The van der Waals surface area contributed by atoms with Gasteiger partial charge in [-0.05, 0) is 48.0 Å². The topological polar surface area (TPSA) is 39.8 Å². The fourth-order valence-electron chi connectivity index (χ4n) is 2.16. The molecule has 19 heavy (non-hydrogen) atoms. The van der Waals surface area contributed by atoms with Gasteiger partial charge in [-0.25, -0.2) is 0 Å². The van der Waals surface area contributed by atoms with Crippen molar-refractivity contribution >= 4 is 45.0 Å². The van der Waals surface area contributed by atoms with Gasteiger partial charge in [-0.1, -0.05) is 23.2 Å². The Morgan fingerprint density at radius 1 is 0.947 bits per heavy atom. The number of rotatable bonds is 0. The van der Waals surface area contributed by atoms with Crippen LogP contribution >= 0.6 is 23.2 Å². The van der Waals surface area contributed by atoms with Crippen LogP contribution in [0.5, 0.6) is 0 Å². The molecule has 0 aliphatic heterocycles. The molecule has 0 aliphatic carbocycles. The van der Waals surface area contributed by atoms with Gasteiger partial charge in [0.1, 0.15) is 5.52 Å². The molecule has 0 fully saturated rings. The first-order valence-electron chi connectivity index (χ1n) is 5.77. The van der Waals surface area contributed by atoms with E-state index in [0.717, 1.165) is 21.9 Å². The number of benzene rings is 2. The summed E-state index contributed by atoms with van der Waals surface area (Å²) in [7, 11) is 0. The third-order valence-corrected chi connectivity index (χ3v) is 4.06. The molecule has 2 aromatic carbocycles. The van der Waals surface area contributed by atoms with Crippen LogP contribution in [0.2, 0.25) is 10.0 Å². The van der Waals surface area contributed by atoms with Crippen molar-refractivity contribution < 1.29 is 4.85 Å². The van der Waals surface area contributed by atoms with Crippen molar-refractivity contribution in [3.63, 3.8) is 0 Å². The Hall–Kier alpha value is -1.58. The van der Waals surface area contributed by atoms with Gasteiger partial charge in [0.2, 0.25) is 0 Å². The van der Waals surface area contributed by atoms with E-state index in [9.17, 15) is 5.21 Å². The lowest BCUT2D eigenvalue weighted by atomic mass is 10.1. The summed E-state index contributed by atoms with van der Waals surface area (Å²) >= 11 is 12.3. The first-order chi connectivity index (χ1) is 8.97. The fraction of sp³-hybridized carbons (Fsp3) is 0.143. The van der Waals surface area contributed by atoms with E-state index in [1.807, 2.05) is 19.9 Å². The number of nitrogens with zero attached hydrogens (tertiary/aromatic N) is 2. The highest BCUT2D eigenvalue weighted by Gasteiger charge is 2.14. The molecule has 0 radical (unpaired) electrons. The van der Waals surface area contributed by atoms with Crippen LogP contribution in [0.1, 0.15) is 11.1 Å². The number of halogens is 2. The molecule has 1 heterocycles. The van der Waals surface area contributed by atoms with Gasteiger partial charge in [-0.2, -0.15) is 0 Å². The van der Waals surface area contributed by atoms with Gasteiger partial charge >= 0.3 is 0 Å². The SMILES string of the molecule is Cc1cc2n[n+]([O-])c3cc(C)c(Cl)cc3c2cc1Cl. The monoisotopic (exact) mass is 292 g/mol. The van der Waals surface area contributed by atoms with Crippen LogP contribution in [-0.4, -0.2) is 5.10 Å². The van der Waals surface area contributed by atoms with E-state index >= 15 is 0 Å². The minimum Gasteiger partial charge on any atom is -0.594 e. The minimum absolute atomic E-state index is 0.495. The summed E-state index contributed by atoms with van der Waals surface area (Å²) < 4.78 is 0. The molecule has 0 spiro atoms. The van der Waals surface area contributed by atoms with Crippen molar-refractivity contribution in [3.05, 3.63) is 50.6 Å². The van der Waals surface area contributed by atoms with Crippen LogP contribution in [0.25, 0.3) is 21.8 Å². The Labute approximate surface area is 119 Å². The quantitative estimate of drug-likeness (QED) is 0.358.